The predicted molar refractivity (Wildman–Crippen MR) is 92.7 cm³/mol. The molecular formula is C19H14ClNO2. The Balaban J connectivity index is 2.11. The van der Waals surface area contributed by atoms with E-state index in [0.717, 1.165) is 16.3 Å². The van der Waals surface area contributed by atoms with Crippen molar-refractivity contribution in [3.05, 3.63) is 78.0 Å². The Morgan fingerprint density at radius 3 is 2.78 bits per heavy atom. The summed E-state index contributed by atoms with van der Waals surface area (Å²) in [6, 6.07) is 16.9. The smallest absolute Gasteiger partial charge is 0.357 e. The summed E-state index contributed by atoms with van der Waals surface area (Å²) in [4.78, 5) is 16.4. The zero-order valence-electron chi connectivity index (χ0n) is 12.3. The van der Waals surface area contributed by atoms with E-state index in [1.54, 1.807) is 12.1 Å². The van der Waals surface area contributed by atoms with Gasteiger partial charge in [0.1, 0.15) is 12.3 Å². The normalized spacial score (nSPS) is 10.5. The number of hydrogen-bond acceptors (Lipinski definition) is 3. The van der Waals surface area contributed by atoms with Crippen molar-refractivity contribution in [2.75, 3.05) is 6.61 Å². The second kappa shape index (κ2) is 6.63. The fourth-order valence-corrected chi connectivity index (χ4v) is 2.66. The summed E-state index contributed by atoms with van der Waals surface area (Å²) in [6.07, 6.45) is 1.52. The van der Waals surface area contributed by atoms with Gasteiger partial charge in [0.05, 0.1) is 10.7 Å². The van der Waals surface area contributed by atoms with E-state index in [0.29, 0.717) is 10.7 Å². The van der Waals surface area contributed by atoms with Gasteiger partial charge in [-0.25, -0.2) is 9.78 Å². The van der Waals surface area contributed by atoms with Gasteiger partial charge in [-0.2, -0.15) is 0 Å². The Hall–Kier alpha value is -2.65. The SMILES string of the molecule is C=CCOC(=O)c1cccc(-c2c(Cl)ccc3ccccc23)n1. The number of carbonyl (C=O) groups excluding carboxylic acids is 1. The van der Waals surface area contributed by atoms with Crippen LogP contribution in [0.5, 0.6) is 0 Å². The quantitative estimate of drug-likeness (QED) is 0.506. The van der Waals surface area contributed by atoms with Gasteiger partial charge < -0.3 is 4.74 Å². The summed E-state index contributed by atoms with van der Waals surface area (Å²) in [5.41, 5.74) is 1.69. The number of rotatable bonds is 4. The lowest BCUT2D eigenvalue weighted by molar-refractivity contribution is 0.0543. The second-order valence-corrected chi connectivity index (χ2v) is 5.35. The number of ether oxygens (including phenoxy) is 1. The van der Waals surface area contributed by atoms with Gasteiger partial charge in [0.15, 0.2) is 0 Å². The largest absolute Gasteiger partial charge is 0.457 e. The number of halogens is 1. The van der Waals surface area contributed by atoms with Crippen LogP contribution in [0.25, 0.3) is 22.0 Å². The van der Waals surface area contributed by atoms with Gasteiger partial charge in [0, 0.05) is 5.56 Å². The predicted octanol–water partition coefficient (Wildman–Crippen LogP) is 4.90. The number of pyridine rings is 1. The fraction of sp³-hybridized carbons (Fsp3) is 0.0526. The van der Waals surface area contributed by atoms with Crippen LogP contribution in [0, 0.1) is 0 Å². The molecule has 0 saturated heterocycles. The van der Waals surface area contributed by atoms with Crippen LogP contribution in [0.3, 0.4) is 0 Å². The number of hydrogen-bond donors (Lipinski definition) is 0. The molecule has 0 bridgehead atoms. The first-order chi connectivity index (χ1) is 11.2. The first-order valence-electron chi connectivity index (χ1n) is 7.13. The van der Waals surface area contributed by atoms with Gasteiger partial charge in [-0.3, -0.25) is 0 Å². The van der Waals surface area contributed by atoms with E-state index in [1.807, 2.05) is 42.5 Å². The highest BCUT2D eigenvalue weighted by molar-refractivity contribution is 6.35. The molecule has 0 unspecified atom stereocenters. The maximum Gasteiger partial charge on any atom is 0.357 e. The van der Waals surface area contributed by atoms with Crippen LogP contribution < -0.4 is 0 Å². The first-order valence-corrected chi connectivity index (χ1v) is 7.51. The summed E-state index contributed by atoms with van der Waals surface area (Å²) in [7, 11) is 0. The van der Waals surface area contributed by atoms with E-state index in [9.17, 15) is 4.79 Å². The molecule has 1 aromatic heterocycles. The fourth-order valence-electron chi connectivity index (χ4n) is 2.40. The number of carbonyl (C=O) groups is 1. The Labute approximate surface area is 139 Å². The highest BCUT2D eigenvalue weighted by Crippen LogP contribution is 2.34. The molecule has 114 valence electrons. The summed E-state index contributed by atoms with van der Waals surface area (Å²) >= 11 is 6.38. The molecule has 0 radical (unpaired) electrons. The summed E-state index contributed by atoms with van der Waals surface area (Å²) in [5, 5.41) is 2.64. The van der Waals surface area contributed by atoms with E-state index in [4.69, 9.17) is 16.3 Å². The monoisotopic (exact) mass is 323 g/mol. The van der Waals surface area contributed by atoms with Crippen molar-refractivity contribution in [2.45, 2.75) is 0 Å². The van der Waals surface area contributed by atoms with Gasteiger partial charge in [0.25, 0.3) is 0 Å². The molecule has 23 heavy (non-hydrogen) atoms. The molecule has 0 aliphatic rings. The minimum atomic E-state index is -0.483. The van der Waals surface area contributed by atoms with Crippen molar-refractivity contribution in [3.8, 4) is 11.3 Å². The molecule has 4 heteroatoms. The Morgan fingerprint density at radius 2 is 1.96 bits per heavy atom. The van der Waals surface area contributed by atoms with Crippen molar-refractivity contribution in [3.63, 3.8) is 0 Å². The van der Waals surface area contributed by atoms with Crippen molar-refractivity contribution >= 4 is 28.3 Å². The molecular weight excluding hydrogens is 310 g/mol. The number of nitrogens with zero attached hydrogens (tertiary/aromatic N) is 1. The Kier molecular flexibility index (Phi) is 4.40. The molecule has 0 aliphatic carbocycles. The third-order valence-corrected chi connectivity index (χ3v) is 3.74. The molecule has 3 nitrogen and oxygen atoms in total. The van der Waals surface area contributed by atoms with Gasteiger partial charge >= 0.3 is 5.97 Å². The molecule has 0 N–H and O–H groups in total. The Bertz CT molecular complexity index is 889. The standard InChI is InChI=1S/C19H14ClNO2/c1-2-12-23-19(22)17-9-5-8-16(21-17)18-14-7-4-3-6-13(14)10-11-15(18)20/h2-11H,1,12H2. The average molecular weight is 324 g/mol. The van der Waals surface area contributed by atoms with Crippen molar-refractivity contribution in [1.82, 2.24) is 4.98 Å². The lowest BCUT2D eigenvalue weighted by Crippen LogP contribution is -2.07. The lowest BCUT2D eigenvalue weighted by atomic mass is 10.0. The van der Waals surface area contributed by atoms with Gasteiger partial charge in [-0.15, -0.1) is 0 Å². The third kappa shape index (κ3) is 3.10. The van der Waals surface area contributed by atoms with Crippen LogP contribution in [0.15, 0.2) is 67.3 Å². The Morgan fingerprint density at radius 1 is 1.13 bits per heavy atom. The molecule has 3 aromatic rings. The van der Waals surface area contributed by atoms with Crippen LogP contribution in [0.2, 0.25) is 5.02 Å². The zero-order chi connectivity index (χ0) is 16.2. The van der Waals surface area contributed by atoms with E-state index in [1.165, 1.54) is 6.08 Å². The van der Waals surface area contributed by atoms with E-state index < -0.39 is 5.97 Å². The van der Waals surface area contributed by atoms with Crippen LogP contribution in [0.4, 0.5) is 0 Å². The summed E-state index contributed by atoms with van der Waals surface area (Å²) in [6.45, 7) is 3.67. The van der Waals surface area contributed by atoms with E-state index in [-0.39, 0.29) is 12.3 Å². The molecule has 1 heterocycles. The highest BCUT2D eigenvalue weighted by atomic mass is 35.5. The average Bonchev–Trinajstić information content (AvgIpc) is 2.59. The molecule has 0 aliphatic heterocycles. The van der Waals surface area contributed by atoms with Crippen LogP contribution >= 0.6 is 11.6 Å². The van der Waals surface area contributed by atoms with Crippen molar-refractivity contribution in [1.29, 1.82) is 0 Å². The van der Waals surface area contributed by atoms with Crippen molar-refractivity contribution in [2.24, 2.45) is 0 Å². The molecule has 0 fully saturated rings. The lowest BCUT2D eigenvalue weighted by Gasteiger charge is -2.10. The first kappa shape index (κ1) is 15.3. The molecule has 0 atom stereocenters. The third-order valence-electron chi connectivity index (χ3n) is 3.42. The molecule has 0 amide bonds. The van der Waals surface area contributed by atoms with E-state index in [2.05, 4.69) is 11.6 Å². The number of fused-ring (bicyclic) bond motifs is 1. The van der Waals surface area contributed by atoms with Gasteiger partial charge in [0.2, 0.25) is 0 Å². The minimum Gasteiger partial charge on any atom is -0.457 e. The van der Waals surface area contributed by atoms with Crippen LogP contribution in [-0.2, 0) is 4.74 Å². The highest BCUT2D eigenvalue weighted by Gasteiger charge is 2.13. The molecule has 0 spiro atoms. The molecule has 3 rings (SSSR count). The number of esters is 1. The van der Waals surface area contributed by atoms with Crippen molar-refractivity contribution < 1.29 is 9.53 Å². The summed E-state index contributed by atoms with van der Waals surface area (Å²) < 4.78 is 5.03. The van der Waals surface area contributed by atoms with E-state index >= 15 is 0 Å². The number of benzene rings is 2. The van der Waals surface area contributed by atoms with Crippen LogP contribution in [-0.4, -0.2) is 17.6 Å². The molecule has 0 saturated carbocycles. The summed E-state index contributed by atoms with van der Waals surface area (Å²) in [5.74, 6) is -0.483. The number of aromatic nitrogens is 1. The zero-order valence-corrected chi connectivity index (χ0v) is 13.1. The van der Waals surface area contributed by atoms with Gasteiger partial charge in [-0.1, -0.05) is 60.7 Å². The van der Waals surface area contributed by atoms with Crippen LogP contribution in [0.1, 0.15) is 10.5 Å². The maximum absolute atomic E-state index is 12.0. The van der Waals surface area contributed by atoms with Gasteiger partial charge in [-0.05, 0) is 29.0 Å². The minimum absolute atomic E-state index is 0.153. The topological polar surface area (TPSA) is 39.2 Å². The second-order valence-electron chi connectivity index (χ2n) is 4.94. The maximum atomic E-state index is 12.0. The molecule has 2 aromatic carbocycles.